The van der Waals surface area contributed by atoms with E-state index in [1.54, 1.807) is 6.07 Å². The number of fused-ring (bicyclic) bond motifs is 1. The third kappa shape index (κ3) is 2.65. The molecule has 2 aromatic rings. The summed E-state index contributed by atoms with van der Waals surface area (Å²) in [6, 6.07) is 10.3. The number of halogens is 2. The van der Waals surface area contributed by atoms with Gasteiger partial charge in [-0.25, -0.2) is 8.78 Å². The van der Waals surface area contributed by atoms with Crippen LogP contribution in [0, 0.1) is 11.6 Å². The van der Waals surface area contributed by atoms with Gasteiger partial charge in [-0.05, 0) is 35.2 Å². The molecule has 0 unspecified atom stereocenters. The molecule has 2 nitrogen and oxygen atoms in total. The van der Waals surface area contributed by atoms with E-state index in [1.807, 2.05) is 0 Å². The highest BCUT2D eigenvalue weighted by Crippen LogP contribution is 2.26. The van der Waals surface area contributed by atoms with Crippen LogP contribution < -0.4 is 10.6 Å². The van der Waals surface area contributed by atoms with Crippen LogP contribution in [0.5, 0.6) is 0 Å². The highest BCUT2D eigenvalue weighted by molar-refractivity contribution is 5.61. The molecule has 2 N–H and O–H groups in total. The molecule has 20 heavy (non-hydrogen) atoms. The Kier molecular flexibility index (Phi) is 3.65. The van der Waals surface area contributed by atoms with Gasteiger partial charge in [0.2, 0.25) is 0 Å². The number of hydrogen-bond acceptors (Lipinski definition) is 2. The van der Waals surface area contributed by atoms with E-state index in [9.17, 15) is 8.78 Å². The molecule has 0 fully saturated rings. The third-order valence-electron chi connectivity index (χ3n) is 3.56. The van der Waals surface area contributed by atoms with E-state index >= 15 is 0 Å². The minimum absolute atomic E-state index is 0.515. The SMILES string of the molecule is Fc1ccc(CNCc2cccc3c2NCC3)cc1F. The minimum Gasteiger partial charge on any atom is -0.384 e. The predicted octanol–water partition coefficient (Wildman–Crippen LogP) is 3.22. The van der Waals surface area contributed by atoms with Gasteiger partial charge < -0.3 is 10.6 Å². The van der Waals surface area contributed by atoms with Gasteiger partial charge >= 0.3 is 0 Å². The van der Waals surface area contributed by atoms with Gasteiger partial charge in [0, 0.05) is 25.3 Å². The van der Waals surface area contributed by atoms with E-state index in [-0.39, 0.29) is 0 Å². The van der Waals surface area contributed by atoms with Crippen molar-refractivity contribution in [2.45, 2.75) is 19.5 Å². The summed E-state index contributed by atoms with van der Waals surface area (Å²) in [5, 5.41) is 6.65. The topological polar surface area (TPSA) is 24.1 Å². The molecule has 0 aromatic heterocycles. The van der Waals surface area contributed by atoms with Gasteiger partial charge in [0.15, 0.2) is 11.6 Å². The molecule has 104 valence electrons. The van der Waals surface area contributed by atoms with Crippen molar-refractivity contribution >= 4 is 5.69 Å². The number of benzene rings is 2. The second kappa shape index (κ2) is 5.59. The van der Waals surface area contributed by atoms with E-state index in [2.05, 4.69) is 28.8 Å². The van der Waals surface area contributed by atoms with Crippen molar-refractivity contribution in [2.24, 2.45) is 0 Å². The Morgan fingerprint density at radius 2 is 1.95 bits per heavy atom. The van der Waals surface area contributed by atoms with Crippen LogP contribution in [-0.2, 0) is 19.5 Å². The van der Waals surface area contributed by atoms with Gasteiger partial charge in [-0.15, -0.1) is 0 Å². The fourth-order valence-corrected chi connectivity index (χ4v) is 2.55. The molecule has 1 aliphatic rings. The number of para-hydroxylation sites is 1. The molecule has 0 amide bonds. The number of rotatable bonds is 4. The normalized spacial score (nSPS) is 13.1. The van der Waals surface area contributed by atoms with Gasteiger partial charge in [0.05, 0.1) is 0 Å². The van der Waals surface area contributed by atoms with E-state index in [0.717, 1.165) is 24.6 Å². The molecule has 2 aromatic carbocycles. The first kappa shape index (κ1) is 13.1. The zero-order chi connectivity index (χ0) is 13.9. The molecule has 0 bridgehead atoms. The maximum Gasteiger partial charge on any atom is 0.159 e. The van der Waals surface area contributed by atoms with Crippen LogP contribution in [0.15, 0.2) is 36.4 Å². The zero-order valence-electron chi connectivity index (χ0n) is 11.0. The van der Waals surface area contributed by atoms with E-state index in [4.69, 9.17) is 0 Å². The second-order valence-electron chi connectivity index (χ2n) is 4.98. The van der Waals surface area contributed by atoms with Gasteiger partial charge in [-0.3, -0.25) is 0 Å². The smallest absolute Gasteiger partial charge is 0.159 e. The van der Waals surface area contributed by atoms with Crippen molar-refractivity contribution in [1.82, 2.24) is 5.32 Å². The lowest BCUT2D eigenvalue weighted by molar-refractivity contribution is 0.506. The highest BCUT2D eigenvalue weighted by Gasteiger charge is 2.13. The molecule has 4 heteroatoms. The van der Waals surface area contributed by atoms with Gasteiger partial charge in [-0.2, -0.15) is 0 Å². The summed E-state index contributed by atoms with van der Waals surface area (Å²) in [6.45, 7) is 2.20. The Hall–Kier alpha value is -1.94. The lowest BCUT2D eigenvalue weighted by atomic mass is 10.1. The average Bonchev–Trinajstić information content (AvgIpc) is 2.92. The summed E-state index contributed by atoms with van der Waals surface area (Å²) in [6.07, 6.45) is 1.06. The molecule has 0 saturated carbocycles. The lowest BCUT2D eigenvalue weighted by Crippen LogP contribution is -2.14. The van der Waals surface area contributed by atoms with Crippen LogP contribution in [0.1, 0.15) is 16.7 Å². The first-order valence-corrected chi connectivity index (χ1v) is 6.73. The third-order valence-corrected chi connectivity index (χ3v) is 3.56. The molecule has 1 aliphatic heterocycles. The second-order valence-corrected chi connectivity index (χ2v) is 4.98. The molecule has 0 spiro atoms. The van der Waals surface area contributed by atoms with Crippen LogP contribution in [-0.4, -0.2) is 6.54 Å². The van der Waals surface area contributed by atoms with Crippen LogP contribution in [0.3, 0.4) is 0 Å². The molecular formula is C16H16F2N2. The maximum absolute atomic E-state index is 13.1. The Labute approximate surface area is 116 Å². The molecular weight excluding hydrogens is 258 g/mol. The number of nitrogens with one attached hydrogen (secondary N) is 2. The zero-order valence-corrected chi connectivity index (χ0v) is 11.0. The van der Waals surface area contributed by atoms with Crippen molar-refractivity contribution in [3.05, 3.63) is 64.7 Å². The van der Waals surface area contributed by atoms with E-state index in [0.29, 0.717) is 13.1 Å². The van der Waals surface area contributed by atoms with E-state index in [1.165, 1.54) is 22.9 Å². The standard InChI is InChI=1S/C16H16F2N2/c17-14-5-4-11(8-15(14)18)9-19-10-13-3-1-2-12-6-7-20-16(12)13/h1-5,8,19-20H,6-7,9-10H2. The summed E-state index contributed by atoms with van der Waals surface area (Å²) < 4.78 is 25.9. The summed E-state index contributed by atoms with van der Waals surface area (Å²) in [4.78, 5) is 0. The van der Waals surface area contributed by atoms with Gasteiger partial charge in [0.1, 0.15) is 0 Å². The molecule has 0 saturated heterocycles. The lowest BCUT2D eigenvalue weighted by Gasteiger charge is -2.10. The summed E-state index contributed by atoms with van der Waals surface area (Å²) in [7, 11) is 0. The van der Waals surface area contributed by atoms with Crippen LogP contribution in [0.25, 0.3) is 0 Å². The maximum atomic E-state index is 13.1. The quantitative estimate of drug-likeness (QED) is 0.894. The number of hydrogen-bond donors (Lipinski definition) is 2. The number of anilines is 1. The average molecular weight is 274 g/mol. The monoisotopic (exact) mass is 274 g/mol. The van der Waals surface area contributed by atoms with Gasteiger partial charge in [0.25, 0.3) is 0 Å². The van der Waals surface area contributed by atoms with Crippen molar-refractivity contribution in [2.75, 3.05) is 11.9 Å². The predicted molar refractivity (Wildman–Crippen MR) is 75.5 cm³/mol. The largest absolute Gasteiger partial charge is 0.384 e. The Balaban J connectivity index is 1.63. The van der Waals surface area contributed by atoms with Crippen molar-refractivity contribution in [3.63, 3.8) is 0 Å². The Morgan fingerprint density at radius 3 is 2.80 bits per heavy atom. The van der Waals surface area contributed by atoms with Crippen molar-refractivity contribution in [3.8, 4) is 0 Å². The van der Waals surface area contributed by atoms with E-state index < -0.39 is 11.6 Å². The Bertz CT molecular complexity index is 626. The molecule has 0 atom stereocenters. The summed E-state index contributed by atoms with van der Waals surface area (Å²) >= 11 is 0. The van der Waals surface area contributed by atoms with Crippen LogP contribution >= 0.6 is 0 Å². The molecule has 3 rings (SSSR count). The first-order valence-electron chi connectivity index (χ1n) is 6.73. The fourth-order valence-electron chi connectivity index (χ4n) is 2.55. The molecule has 1 heterocycles. The van der Waals surface area contributed by atoms with Crippen LogP contribution in [0.2, 0.25) is 0 Å². The summed E-state index contributed by atoms with van der Waals surface area (Å²) in [5.74, 6) is -1.61. The highest BCUT2D eigenvalue weighted by atomic mass is 19.2. The minimum atomic E-state index is -0.807. The molecule has 0 radical (unpaired) electrons. The molecule has 0 aliphatic carbocycles. The Morgan fingerprint density at radius 1 is 1.05 bits per heavy atom. The van der Waals surface area contributed by atoms with Gasteiger partial charge in [-0.1, -0.05) is 24.3 Å². The first-order chi connectivity index (χ1) is 9.74. The fraction of sp³-hybridized carbons (Fsp3) is 0.250. The van der Waals surface area contributed by atoms with Crippen LogP contribution in [0.4, 0.5) is 14.5 Å². The van der Waals surface area contributed by atoms with Crippen molar-refractivity contribution in [1.29, 1.82) is 0 Å². The summed E-state index contributed by atoms with van der Waals surface area (Å²) in [5.41, 5.74) is 4.51. The van der Waals surface area contributed by atoms with Crippen molar-refractivity contribution < 1.29 is 8.78 Å².